The van der Waals surface area contributed by atoms with Gasteiger partial charge in [0.25, 0.3) is 0 Å². The van der Waals surface area contributed by atoms with E-state index in [2.05, 4.69) is 20.2 Å². The highest BCUT2D eigenvalue weighted by Gasteiger charge is 2.13. The normalized spacial score (nSPS) is 10.1. The number of carbonyl (C=O) groups is 1. The lowest BCUT2D eigenvalue weighted by molar-refractivity contribution is -0.389. The molecule has 10 nitrogen and oxygen atoms in total. The van der Waals surface area contributed by atoms with Crippen LogP contribution in [0.15, 0.2) is 23.3 Å². The van der Waals surface area contributed by atoms with Crippen LogP contribution in [0.5, 0.6) is 0 Å². The van der Waals surface area contributed by atoms with Gasteiger partial charge in [-0.3, -0.25) is 4.79 Å². The third-order valence-corrected chi connectivity index (χ3v) is 1.94. The lowest BCUT2D eigenvalue weighted by atomic mass is 10.3. The number of ether oxygens (including phenoxy) is 1. The number of aromatic nitrogens is 1. The molecule has 0 spiro atoms. The Hall–Kier alpha value is -2.75. The molecule has 0 fully saturated rings. The number of hydrazone groups is 1. The van der Waals surface area contributed by atoms with E-state index in [1.807, 2.05) is 6.92 Å². The molecule has 1 heterocycles. The van der Waals surface area contributed by atoms with Crippen LogP contribution in [0.1, 0.15) is 26.0 Å². The van der Waals surface area contributed by atoms with E-state index in [4.69, 9.17) is 11.7 Å². The van der Waals surface area contributed by atoms with Crippen molar-refractivity contribution in [1.82, 2.24) is 10.4 Å². The molecule has 0 saturated carbocycles. The van der Waals surface area contributed by atoms with Gasteiger partial charge in [0, 0.05) is 13.0 Å². The maximum absolute atomic E-state index is 10.4. The molecule has 0 aliphatic rings. The third kappa shape index (κ3) is 7.42. The zero-order valence-electron chi connectivity index (χ0n) is 11.8. The quantitative estimate of drug-likeness (QED) is 0.175. The fourth-order valence-corrected chi connectivity index (χ4v) is 1.08. The zero-order valence-corrected chi connectivity index (χ0v) is 11.8. The van der Waals surface area contributed by atoms with Gasteiger partial charge in [0.1, 0.15) is 0 Å². The fraction of sp³-hybridized carbons (Fsp3) is 0.364. The largest absolute Gasteiger partial charge is 0.466 e. The highest BCUT2D eigenvalue weighted by atomic mass is 16.6. The summed E-state index contributed by atoms with van der Waals surface area (Å²) < 4.78 is 4.55. The van der Waals surface area contributed by atoms with Gasteiger partial charge < -0.3 is 26.1 Å². The van der Waals surface area contributed by atoms with Crippen molar-refractivity contribution in [1.29, 1.82) is 0 Å². The van der Waals surface area contributed by atoms with Crippen LogP contribution in [0.3, 0.4) is 0 Å². The Kier molecular flexibility index (Phi) is 8.77. The highest BCUT2D eigenvalue weighted by molar-refractivity contribution is 5.96. The Bertz CT molecular complexity index is 505. The first-order valence-corrected chi connectivity index (χ1v) is 5.95. The third-order valence-electron chi connectivity index (χ3n) is 1.94. The van der Waals surface area contributed by atoms with Crippen LogP contribution < -0.4 is 17.1 Å². The Morgan fingerprint density at radius 3 is 2.62 bits per heavy atom. The summed E-state index contributed by atoms with van der Waals surface area (Å²) in [5.74, 6) is 9.64. The molecule has 1 aromatic heterocycles. The maximum atomic E-state index is 10.4. The number of nitrogens with two attached hydrogens (primary N) is 2. The predicted molar refractivity (Wildman–Crippen MR) is 75.9 cm³/mol. The monoisotopic (exact) mass is 298 g/mol. The van der Waals surface area contributed by atoms with E-state index in [9.17, 15) is 14.9 Å². The minimum Gasteiger partial charge on any atom is -0.466 e. The molecule has 0 aliphatic carbocycles. The molecule has 0 unspecified atom stereocenters. The van der Waals surface area contributed by atoms with Crippen LogP contribution in [0.4, 0.5) is 5.82 Å². The number of hydrazine groups is 1. The molecule has 0 atom stereocenters. The first-order valence-electron chi connectivity index (χ1n) is 5.95. The van der Waals surface area contributed by atoms with Gasteiger partial charge in [-0.1, -0.05) is 6.92 Å². The first kappa shape index (κ1) is 18.2. The fourth-order valence-electron chi connectivity index (χ4n) is 1.08. The van der Waals surface area contributed by atoms with Crippen molar-refractivity contribution >= 4 is 17.6 Å². The van der Waals surface area contributed by atoms with Crippen LogP contribution in [0.25, 0.3) is 0 Å². The summed E-state index contributed by atoms with van der Waals surface area (Å²) >= 11 is 0. The van der Waals surface area contributed by atoms with Gasteiger partial charge in [0.2, 0.25) is 11.5 Å². The van der Waals surface area contributed by atoms with Gasteiger partial charge in [-0.05, 0) is 28.5 Å². The van der Waals surface area contributed by atoms with Gasteiger partial charge >= 0.3 is 11.8 Å². The summed E-state index contributed by atoms with van der Waals surface area (Å²) in [4.78, 5) is 23.4. The molecule has 5 N–H and O–H groups in total. The number of hydrogen-bond donors (Lipinski definition) is 3. The molecule has 0 radical (unpaired) electrons. The second-order valence-electron chi connectivity index (χ2n) is 3.60. The number of rotatable bonds is 4. The van der Waals surface area contributed by atoms with Crippen molar-refractivity contribution in [2.45, 2.75) is 20.3 Å². The summed E-state index contributed by atoms with van der Waals surface area (Å²) in [5.41, 5.74) is 2.39. The summed E-state index contributed by atoms with van der Waals surface area (Å²) in [6.45, 7) is 3.92. The lowest BCUT2D eigenvalue weighted by Crippen LogP contribution is -2.32. The van der Waals surface area contributed by atoms with E-state index in [0.29, 0.717) is 6.61 Å². The summed E-state index contributed by atoms with van der Waals surface area (Å²) in [7, 11) is 0. The van der Waals surface area contributed by atoms with Crippen LogP contribution in [-0.4, -0.2) is 28.3 Å². The Morgan fingerprint density at radius 1 is 1.57 bits per heavy atom. The van der Waals surface area contributed by atoms with Crippen molar-refractivity contribution in [3.8, 4) is 0 Å². The number of carbonyl (C=O) groups excluding carboxylic acids is 1. The Balaban J connectivity index is 0.000000486. The average Bonchev–Trinajstić information content (AvgIpc) is 2.47. The smallest absolute Gasteiger partial charge is 0.364 e. The Labute approximate surface area is 121 Å². The molecule has 0 saturated heterocycles. The molecule has 0 aliphatic heterocycles. The molecular weight excluding hydrogens is 280 g/mol. The van der Waals surface area contributed by atoms with Gasteiger partial charge in [0.15, 0.2) is 0 Å². The summed E-state index contributed by atoms with van der Waals surface area (Å²) in [6.07, 6.45) is 0.902. The zero-order chi connectivity index (χ0) is 16.3. The van der Waals surface area contributed by atoms with Crippen molar-refractivity contribution in [2.75, 3.05) is 6.61 Å². The van der Waals surface area contributed by atoms with Crippen LogP contribution in [-0.2, 0) is 9.53 Å². The molecule has 0 amide bonds. The number of hydrogen-bond acceptors (Lipinski definition) is 8. The molecule has 1 aromatic rings. The van der Waals surface area contributed by atoms with Crippen molar-refractivity contribution in [2.24, 2.45) is 16.8 Å². The number of pyridine rings is 1. The number of nitro groups is 1. The van der Waals surface area contributed by atoms with E-state index >= 15 is 0 Å². The molecule has 0 aromatic carbocycles. The van der Waals surface area contributed by atoms with Crippen LogP contribution >= 0.6 is 0 Å². The minimum atomic E-state index is -0.617. The number of nitrogens with one attached hydrogen (secondary N) is 1. The van der Waals surface area contributed by atoms with E-state index < -0.39 is 4.92 Å². The van der Waals surface area contributed by atoms with Crippen LogP contribution in [0.2, 0.25) is 0 Å². The van der Waals surface area contributed by atoms with Crippen LogP contribution in [0, 0.1) is 10.1 Å². The standard InChI is InChI=1S/C6H8N6O2.C5H10O2/c7-10-6(11-8)4-2-1-3-5(9-4)12(13)14;1-3-4-7-5(2)6/h1-3H,7-8H2,(H,10,11);3-4H2,1-2H3. The molecular formula is C11H18N6O4. The number of esters is 1. The SMILES string of the molecule is CCCOC(C)=O.N/N=C(\NN)c1cccc([N+](=O)[O-])n1. The van der Waals surface area contributed by atoms with E-state index in [0.717, 1.165) is 6.42 Å². The highest BCUT2D eigenvalue weighted by Crippen LogP contribution is 2.07. The topological polar surface area (TPSA) is 159 Å². The van der Waals surface area contributed by atoms with Crippen molar-refractivity contribution in [3.05, 3.63) is 34.0 Å². The minimum absolute atomic E-state index is 0.0775. The van der Waals surface area contributed by atoms with E-state index in [1.54, 1.807) is 0 Å². The number of amidine groups is 1. The average molecular weight is 298 g/mol. The number of nitrogens with zero attached hydrogens (tertiary/aromatic N) is 3. The molecule has 10 heteroatoms. The lowest BCUT2D eigenvalue weighted by Gasteiger charge is -1.98. The summed E-state index contributed by atoms with van der Waals surface area (Å²) in [5, 5.41) is 13.6. The first-order chi connectivity index (χ1) is 9.96. The van der Waals surface area contributed by atoms with Gasteiger partial charge in [-0.25, -0.2) is 5.84 Å². The molecule has 1 rings (SSSR count). The second-order valence-corrected chi connectivity index (χ2v) is 3.60. The van der Waals surface area contributed by atoms with Gasteiger partial charge in [-0.15, -0.1) is 0 Å². The van der Waals surface area contributed by atoms with E-state index in [1.165, 1.54) is 25.1 Å². The second kappa shape index (κ2) is 10.1. The molecule has 116 valence electrons. The van der Waals surface area contributed by atoms with Crippen molar-refractivity contribution in [3.63, 3.8) is 0 Å². The van der Waals surface area contributed by atoms with E-state index in [-0.39, 0.29) is 23.3 Å². The predicted octanol–water partition coefficient (Wildman–Crippen LogP) is 0.0329. The molecule has 21 heavy (non-hydrogen) atoms. The summed E-state index contributed by atoms with van der Waals surface area (Å²) in [6, 6.07) is 4.22. The van der Waals surface area contributed by atoms with Crippen molar-refractivity contribution < 1.29 is 14.5 Å². The molecule has 0 bridgehead atoms. The van der Waals surface area contributed by atoms with Gasteiger partial charge in [0.05, 0.1) is 6.61 Å². The maximum Gasteiger partial charge on any atom is 0.364 e. The Morgan fingerprint density at radius 2 is 2.24 bits per heavy atom. The van der Waals surface area contributed by atoms with Gasteiger partial charge in [-0.2, -0.15) is 5.10 Å².